The van der Waals surface area contributed by atoms with Crippen LogP contribution in [0.3, 0.4) is 0 Å². The quantitative estimate of drug-likeness (QED) is 0.211. The second-order valence-electron chi connectivity index (χ2n) is 6.54. The molecule has 20 heteroatoms. The van der Waals surface area contributed by atoms with E-state index in [1.165, 1.54) is 17.1 Å². The molecule has 2 aliphatic heterocycles. The molecule has 1 saturated heterocycles. The number of aliphatic hydroxyl groups excluding tert-OH is 1. The molecule has 1 fully saturated rings. The first kappa shape index (κ1) is 24.5. The molecule has 1 aromatic rings. The number of nitrogens with two attached hydrogens (primary N) is 1. The summed E-state index contributed by atoms with van der Waals surface area (Å²) in [6.07, 6.45) is -2.45. The number of fused-ring (bicyclic) bond motifs is 1. The summed E-state index contributed by atoms with van der Waals surface area (Å²) >= 11 is 0. The van der Waals surface area contributed by atoms with Crippen LogP contribution in [0.4, 0.5) is 4.39 Å². The lowest BCUT2D eigenvalue weighted by atomic mass is 9.93. The van der Waals surface area contributed by atoms with Gasteiger partial charge in [0.1, 0.15) is 18.3 Å². The predicted molar refractivity (Wildman–Crippen MR) is 95.1 cm³/mol. The summed E-state index contributed by atoms with van der Waals surface area (Å²) in [5, 5.41) is 15.9. The molecule has 0 aliphatic carbocycles. The van der Waals surface area contributed by atoms with E-state index in [2.05, 4.69) is 23.1 Å². The molecule has 6 unspecified atom stereocenters. The number of hydrogen-bond acceptors (Lipinski definition) is 9. The highest BCUT2D eigenvalue weighted by Gasteiger charge is 2.56. The summed E-state index contributed by atoms with van der Waals surface area (Å²) < 4.78 is 67.2. The fourth-order valence-corrected chi connectivity index (χ4v) is 5.95. The van der Waals surface area contributed by atoms with E-state index in [0.717, 1.165) is 6.92 Å². The number of imidazole rings is 1. The standard InChI is InChI=1S/C11H16FN4O12P3/c1-11(12)7(17)6(3-25-30(21,22)28-31(23,24)27-29(18,19)20)26-8(11)5-2-14-10-9(13)15-4-16(5)10/h2,4,6-8,13,17H,3H2,1H3,(H,21,22)(H,23,24)(H2,18,19,20)/p+1. The van der Waals surface area contributed by atoms with Crippen molar-refractivity contribution >= 4 is 35.6 Å². The molecule has 6 atom stereocenters. The molecule has 2 aliphatic rings. The Morgan fingerprint density at radius 2 is 1.90 bits per heavy atom. The van der Waals surface area contributed by atoms with Gasteiger partial charge in [0.2, 0.25) is 12.2 Å². The van der Waals surface area contributed by atoms with Crippen molar-refractivity contribution in [2.24, 2.45) is 4.99 Å². The lowest BCUT2D eigenvalue weighted by Gasteiger charge is -2.23. The van der Waals surface area contributed by atoms with Crippen LogP contribution >= 0.6 is 23.5 Å². The molecule has 3 heterocycles. The Bertz CT molecular complexity index is 1070. The molecule has 0 saturated carbocycles. The molecule has 0 spiro atoms. The molecule has 31 heavy (non-hydrogen) atoms. The van der Waals surface area contributed by atoms with Crippen molar-refractivity contribution in [3.63, 3.8) is 0 Å². The van der Waals surface area contributed by atoms with Crippen LogP contribution in [0.5, 0.6) is 0 Å². The molecule has 7 N–H and O–H groups in total. The van der Waals surface area contributed by atoms with Crippen molar-refractivity contribution in [2.45, 2.75) is 30.9 Å². The van der Waals surface area contributed by atoms with Gasteiger partial charge in [-0.15, -0.1) is 0 Å². The highest BCUT2D eigenvalue weighted by Crippen LogP contribution is 2.66. The minimum Gasteiger partial charge on any atom is -0.387 e. The van der Waals surface area contributed by atoms with Gasteiger partial charge in [0.05, 0.1) is 18.5 Å². The second kappa shape index (κ2) is 7.99. The first-order valence-corrected chi connectivity index (χ1v) is 12.6. The van der Waals surface area contributed by atoms with Gasteiger partial charge in [0.15, 0.2) is 5.67 Å². The predicted octanol–water partition coefficient (Wildman–Crippen LogP) is -1.85. The summed E-state index contributed by atoms with van der Waals surface area (Å²) in [6, 6.07) is 0. The van der Waals surface area contributed by atoms with Crippen molar-refractivity contribution in [3.8, 4) is 0 Å². The summed E-state index contributed by atoms with van der Waals surface area (Å²) in [5.41, 5.74) is -2.34. The van der Waals surface area contributed by atoms with Crippen LogP contribution in [0.25, 0.3) is 0 Å². The van der Waals surface area contributed by atoms with Gasteiger partial charge in [0.25, 0.3) is 0 Å². The Hall–Kier alpha value is -1.19. The average molecular weight is 509 g/mol. The van der Waals surface area contributed by atoms with Gasteiger partial charge in [-0.3, -0.25) is 14.5 Å². The van der Waals surface area contributed by atoms with Gasteiger partial charge in [-0.05, 0) is 11.9 Å². The zero-order valence-electron chi connectivity index (χ0n) is 15.3. The van der Waals surface area contributed by atoms with E-state index in [1.807, 2.05) is 0 Å². The third-order valence-electron chi connectivity index (χ3n) is 4.21. The number of halogens is 1. The lowest BCUT2D eigenvalue weighted by Crippen LogP contribution is -2.40. The van der Waals surface area contributed by atoms with Crippen molar-refractivity contribution < 1.29 is 66.1 Å². The fourth-order valence-electron chi connectivity index (χ4n) is 2.92. The molecule has 16 nitrogen and oxygen atoms in total. The Balaban J connectivity index is 1.71. The minimum atomic E-state index is -5.72. The molecule has 0 radical (unpaired) electrons. The highest BCUT2D eigenvalue weighted by molar-refractivity contribution is 7.66. The summed E-state index contributed by atoms with van der Waals surface area (Å²) in [7, 11) is -16.8. The van der Waals surface area contributed by atoms with Crippen LogP contribution in [0.1, 0.15) is 24.5 Å². The second-order valence-corrected chi connectivity index (χ2v) is 11.0. The minimum absolute atomic E-state index is 0.0644. The molecule has 3 rings (SSSR count). The third kappa shape index (κ3) is 5.25. The highest BCUT2D eigenvalue weighted by atomic mass is 31.3. The Kier molecular flexibility index (Phi) is 6.30. The zero-order valence-corrected chi connectivity index (χ0v) is 18.0. The van der Waals surface area contributed by atoms with E-state index in [0.29, 0.717) is 0 Å². The summed E-state index contributed by atoms with van der Waals surface area (Å²) in [5.74, 6) is 0.273. The molecular weight excluding hydrogens is 492 g/mol. The zero-order chi connectivity index (χ0) is 23.4. The average Bonchev–Trinajstić information content (AvgIpc) is 3.19. The summed E-state index contributed by atoms with van der Waals surface area (Å²) in [4.78, 5) is 43.4. The number of phosphoric ester groups is 1. The SMILES string of the molecule is CC1(F)C(c2cnc3n2C=NC3=[NH2+])OC(COP(=O)(O)OP(=O)(O)OP(=O)(O)O)C1O. The lowest BCUT2D eigenvalue weighted by molar-refractivity contribution is -0.114. The molecule has 174 valence electrons. The number of aliphatic hydroxyl groups is 1. The topological polar surface area (TPSA) is 245 Å². The maximum atomic E-state index is 15.2. The Morgan fingerprint density at radius 1 is 1.26 bits per heavy atom. The van der Waals surface area contributed by atoms with Crippen molar-refractivity contribution in [3.05, 3.63) is 17.7 Å². The fraction of sp³-hybridized carbons (Fsp3) is 0.545. The van der Waals surface area contributed by atoms with E-state index in [9.17, 15) is 23.7 Å². The van der Waals surface area contributed by atoms with E-state index in [1.54, 1.807) is 0 Å². The molecule has 1 aromatic heterocycles. The van der Waals surface area contributed by atoms with Crippen LogP contribution in [-0.2, 0) is 31.6 Å². The largest absolute Gasteiger partial charge is 0.490 e. The Labute approximate surface area is 172 Å². The van der Waals surface area contributed by atoms with Crippen molar-refractivity contribution in [2.75, 3.05) is 6.61 Å². The van der Waals surface area contributed by atoms with Crippen LogP contribution in [0.15, 0.2) is 11.2 Å². The van der Waals surface area contributed by atoms with E-state index >= 15 is 4.39 Å². The van der Waals surface area contributed by atoms with Gasteiger partial charge in [-0.25, -0.2) is 23.1 Å². The van der Waals surface area contributed by atoms with Gasteiger partial charge >= 0.3 is 29.3 Å². The first-order chi connectivity index (χ1) is 14.0. The molecule has 0 aromatic carbocycles. The van der Waals surface area contributed by atoms with Gasteiger partial charge in [-0.2, -0.15) is 8.62 Å². The summed E-state index contributed by atoms with van der Waals surface area (Å²) in [6.45, 7) is -0.0313. The van der Waals surface area contributed by atoms with E-state index in [-0.39, 0.29) is 17.4 Å². The number of amidine groups is 1. The molecule has 0 bridgehead atoms. The van der Waals surface area contributed by atoms with Crippen molar-refractivity contribution in [1.29, 1.82) is 0 Å². The smallest absolute Gasteiger partial charge is 0.387 e. The normalized spacial score (nSPS) is 32.1. The Morgan fingerprint density at radius 3 is 2.52 bits per heavy atom. The van der Waals surface area contributed by atoms with Crippen LogP contribution in [-0.4, -0.2) is 70.9 Å². The van der Waals surface area contributed by atoms with Gasteiger partial charge in [0, 0.05) is 0 Å². The van der Waals surface area contributed by atoms with Gasteiger partial charge in [-0.1, -0.05) is 0 Å². The number of ether oxygens (including phenoxy) is 1. The molecule has 0 amide bonds. The monoisotopic (exact) mass is 509 g/mol. The number of alkyl halides is 1. The first-order valence-electron chi connectivity index (χ1n) is 8.07. The number of aromatic nitrogens is 2. The molecular formula is C11H17FN4O12P3+. The third-order valence-corrected chi connectivity index (χ3v) is 8.01. The number of aliphatic imine (C=N–C) groups is 1. The van der Waals surface area contributed by atoms with Gasteiger partial charge < -0.3 is 29.4 Å². The number of phosphoric acid groups is 3. The van der Waals surface area contributed by atoms with E-state index in [4.69, 9.17) is 24.8 Å². The number of rotatable bonds is 8. The maximum absolute atomic E-state index is 15.2. The van der Waals surface area contributed by atoms with E-state index < -0.39 is 54.1 Å². The number of nitrogens with zero attached hydrogens (tertiary/aromatic N) is 3. The van der Waals surface area contributed by atoms with Crippen molar-refractivity contribution in [1.82, 2.24) is 9.55 Å². The van der Waals surface area contributed by atoms with Crippen LogP contribution in [0, 0.1) is 0 Å². The maximum Gasteiger partial charge on any atom is 0.490 e. The van der Waals surface area contributed by atoms with Crippen LogP contribution in [0.2, 0.25) is 0 Å². The van der Waals surface area contributed by atoms with Crippen LogP contribution < -0.4 is 5.41 Å². The number of hydrogen-bond donors (Lipinski definition) is 6.